The Hall–Kier alpha value is -0.840. The van der Waals surface area contributed by atoms with E-state index in [-0.39, 0.29) is 6.04 Å². The van der Waals surface area contributed by atoms with Crippen LogP contribution in [-0.2, 0) is 19.9 Å². The van der Waals surface area contributed by atoms with Crippen molar-refractivity contribution in [3.63, 3.8) is 0 Å². The molecule has 90 valence electrons. The highest BCUT2D eigenvalue weighted by molar-refractivity contribution is 7.12. The summed E-state index contributed by atoms with van der Waals surface area (Å²) in [5, 5.41) is 4.78. The van der Waals surface area contributed by atoms with Crippen LogP contribution in [0, 0.1) is 0 Å². The molecule has 2 N–H and O–H groups in total. The van der Waals surface area contributed by atoms with Crippen LogP contribution in [0.4, 0.5) is 0 Å². The first-order valence-corrected chi connectivity index (χ1v) is 6.90. The van der Waals surface area contributed by atoms with E-state index in [2.05, 4.69) is 11.2 Å². The molecule has 2 heterocycles. The van der Waals surface area contributed by atoms with Gasteiger partial charge < -0.3 is 5.73 Å². The molecule has 0 aliphatic heterocycles. The topological polar surface area (TPSA) is 43.8 Å². The van der Waals surface area contributed by atoms with Crippen LogP contribution in [0.2, 0.25) is 5.02 Å². The van der Waals surface area contributed by atoms with Gasteiger partial charge in [-0.2, -0.15) is 5.10 Å². The normalized spacial score (nSPS) is 16.2. The van der Waals surface area contributed by atoms with E-state index < -0.39 is 0 Å². The van der Waals surface area contributed by atoms with Crippen LogP contribution in [0.5, 0.6) is 0 Å². The molecule has 3 rings (SSSR count). The highest BCUT2D eigenvalue weighted by Gasteiger charge is 2.22. The molecular weight excluding hydrogens is 254 g/mol. The van der Waals surface area contributed by atoms with Crippen LogP contribution in [-0.4, -0.2) is 9.78 Å². The number of hydrogen-bond donors (Lipinski definition) is 1. The van der Waals surface area contributed by atoms with Crippen molar-refractivity contribution in [2.75, 3.05) is 0 Å². The molecular formula is C12H14ClN3S. The Kier molecular flexibility index (Phi) is 2.73. The summed E-state index contributed by atoms with van der Waals surface area (Å²) in [6.45, 7) is 0. The molecule has 0 bridgehead atoms. The van der Waals surface area contributed by atoms with Gasteiger partial charge in [-0.05, 0) is 30.9 Å². The van der Waals surface area contributed by atoms with Crippen LogP contribution >= 0.6 is 22.9 Å². The van der Waals surface area contributed by atoms with Gasteiger partial charge >= 0.3 is 0 Å². The van der Waals surface area contributed by atoms with Crippen LogP contribution in [0.25, 0.3) is 0 Å². The maximum Gasteiger partial charge on any atom is 0.0837 e. The summed E-state index contributed by atoms with van der Waals surface area (Å²) < 4.78 is 1.76. The number of nitrogens with two attached hydrogens (primary N) is 1. The van der Waals surface area contributed by atoms with Crippen LogP contribution in [0.1, 0.15) is 33.5 Å². The van der Waals surface area contributed by atoms with Gasteiger partial charge in [0, 0.05) is 16.8 Å². The van der Waals surface area contributed by atoms with Gasteiger partial charge in [0.25, 0.3) is 0 Å². The number of hydrogen-bond acceptors (Lipinski definition) is 3. The van der Waals surface area contributed by atoms with Gasteiger partial charge in [0.15, 0.2) is 0 Å². The second kappa shape index (κ2) is 4.12. The van der Waals surface area contributed by atoms with Crippen molar-refractivity contribution in [2.24, 2.45) is 12.8 Å². The minimum Gasteiger partial charge on any atom is -0.318 e. The Labute approximate surface area is 109 Å². The van der Waals surface area contributed by atoms with E-state index in [1.807, 2.05) is 18.4 Å². The van der Waals surface area contributed by atoms with Gasteiger partial charge in [-0.3, -0.25) is 4.68 Å². The first-order chi connectivity index (χ1) is 8.16. The van der Waals surface area contributed by atoms with Crippen molar-refractivity contribution in [2.45, 2.75) is 25.3 Å². The third-order valence-electron chi connectivity index (χ3n) is 3.30. The second-order valence-electron chi connectivity index (χ2n) is 4.43. The minimum atomic E-state index is -0.161. The number of fused-ring (bicyclic) bond motifs is 1. The summed E-state index contributed by atoms with van der Waals surface area (Å²) in [5.74, 6) is 0. The average molecular weight is 268 g/mol. The Bertz CT molecular complexity index is 517. The van der Waals surface area contributed by atoms with Crippen molar-refractivity contribution in [1.82, 2.24) is 9.78 Å². The van der Waals surface area contributed by atoms with Gasteiger partial charge in [-0.15, -0.1) is 11.3 Å². The zero-order valence-electron chi connectivity index (χ0n) is 9.61. The van der Waals surface area contributed by atoms with Gasteiger partial charge in [-0.25, -0.2) is 0 Å². The highest BCUT2D eigenvalue weighted by atomic mass is 35.5. The largest absolute Gasteiger partial charge is 0.318 e. The fourth-order valence-electron chi connectivity index (χ4n) is 2.41. The smallest absolute Gasteiger partial charge is 0.0837 e. The van der Waals surface area contributed by atoms with E-state index in [0.29, 0.717) is 5.02 Å². The first kappa shape index (κ1) is 11.3. The first-order valence-electron chi connectivity index (χ1n) is 5.71. The zero-order valence-corrected chi connectivity index (χ0v) is 11.2. The van der Waals surface area contributed by atoms with Gasteiger partial charge in [-0.1, -0.05) is 11.6 Å². The molecule has 1 aliphatic rings. The number of aryl methyl sites for hydroxylation is 3. The van der Waals surface area contributed by atoms with Crippen molar-refractivity contribution >= 4 is 22.9 Å². The summed E-state index contributed by atoms with van der Waals surface area (Å²) in [4.78, 5) is 2.69. The minimum absolute atomic E-state index is 0.161. The Morgan fingerprint density at radius 1 is 1.53 bits per heavy atom. The number of halogens is 1. The predicted octanol–water partition coefficient (Wildman–Crippen LogP) is 2.67. The quantitative estimate of drug-likeness (QED) is 0.909. The molecule has 2 aromatic heterocycles. The van der Waals surface area contributed by atoms with Crippen molar-refractivity contribution in [3.8, 4) is 0 Å². The van der Waals surface area contributed by atoms with E-state index in [1.54, 1.807) is 10.9 Å². The van der Waals surface area contributed by atoms with E-state index in [0.717, 1.165) is 5.69 Å². The van der Waals surface area contributed by atoms with Gasteiger partial charge in [0.2, 0.25) is 0 Å². The van der Waals surface area contributed by atoms with Crippen LogP contribution in [0.3, 0.4) is 0 Å². The molecule has 0 aromatic carbocycles. The SMILES string of the molecule is Cn1ncc(Cl)c1C(N)c1cc2c(s1)CCC2. The van der Waals surface area contributed by atoms with E-state index >= 15 is 0 Å². The molecule has 1 unspecified atom stereocenters. The van der Waals surface area contributed by atoms with E-state index in [1.165, 1.54) is 34.6 Å². The monoisotopic (exact) mass is 267 g/mol. The van der Waals surface area contributed by atoms with Crippen molar-refractivity contribution in [1.29, 1.82) is 0 Å². The summed E-state index contributed by atoms with van der Waals surface area (Å²) in [6, 6.07) is 2.08. The molecule has 0 saturated carbocycles. The molecule has 17 heavy (non-hydrogen) atoms. The van der Waals surface area contributed by atoms with Gasteiger partial charge in [0.1, 0.15) is 0 Å². The Morgan fingerprint density at radius 3 is 3.00 bits per heavy atom. The van der Waals surface area contributed by atoms with Crippen molar-refractivity contribution < 1.29 is 0 Å². The number of nitrogens with zero attached hydrogens (tertiary/aromatic N) is 2. The lowest BCUT2D eigenvalue weighted by molar-refractivity contribution is 0.678. The lowest BCUT2D eigenvalue weighted by Gasteiger charge is -2.11. The molecule has 3 nitrogen and oxygen atoms in total. The lowest BCUT2D eigenvalue weighted by atomic mass is 10.1. The van der Waals surface area contributed by atoms with E-state index in [9.17, 15) is 0 Å². The second-order valence-corrected chi connectivity index (χ2v) is 6.01. The van der Waals surface area contributed by atoms with Crippen molar-refractivity contribution in [3.05, 3.63) is 38.3 Å². The molecule has 0 spiro atoms. The average Bonchev–Trinajstić information content (AvgIpc) is 2.92. The molecule has 0 fully saturated rings. The summed E-state index contributed by atoms with van der Waals surface area (Å²) in [7, 11) is 1.88. The Balaban J connectivity index is 1.98. The zero-order chi connectivity index (χ0) is 12.0. The molecule has 1 aliphatic carbocycles. The standard InChI is InChI=1S/C12H14ClN3S/c1-16-12(8(13)6-15-16)11(14)10-5-7-3-2-4-9(7)17-10/h5-6,11H,2-4,14H2,1H3. The number of thiophene rings is 1. The fraction of sp³-hybridized carbons (Fsp3) is 0.417. The summed E-state index contributed by atoms with van der Waals surface area (Å²) in [6.07, 6.45) is 5.32. The van der Waals surface area contributed by atoms with Gasteiger partial charge in [0.05, 0.1) is 23.0 Å². The summed E-state index contributed by atoms with van der Waals surface area (Å²) in [5.41, 5.74) is 8.65. The lowest BCUT2D eigenvalue weighted by Crippen LogP contribution is -2.15. The maximum absolute atomic E-state index is 6.29. The fourth-order valence-corrected chi connectivity index (χ4v) is 3.96. The molecule has 0 radical (unpaired) electrons. The van der Waals surface area contributed by atoms with Crippen LogP contribution in [0.15, 0.2) is 12.3 Å². The van der Waals surface area contributed by atoms with E-state index in [4.69, 9.17) is 17.3 Å². The van der Waals surface area contributed by atoms with Crippen LogP contribution < -0.4 is 5.73 Å². The summed E-state index contributed by atoms with van der Waals surface area (Å²) >= 11 is 7.95. The molecule has 1 atom stereocenters. The highest BCUT2D eigenvalue weighted by Crippen LogP contribution is 2.36. The molecule has 5 heteroatoms. The number of aromatic nitrogens is 2. The predicted molar refractivity (Wildman–Crippen MR) is 70.6 cm³/mol. The third kappa shape index (κ3) is 1.80. The number of rotatable bonds is 2. The third-order valence-corrected chi connectivity index (χ3v) is 4.92. The molecule has 0 amide bonds. The molecule has 2 aromatic rings. The molecule has 0 saturated heterocycles. The maximum atomic E-state index is 6.29. The Morgan fingerprint density at radius 2 is 2.35 bits per heavy atom.